The summed E-state index contributed by atoms with van der Waals surface area (Å²) in [7, 11) is 0. The van der Waals surface area contributed by atoms with E-state index < -0.39 is 0 Å². The first-order valence-corrected chi connectivity index (χ1v) is 3.07. The molecule has 0 atom stereocenters. The van der Waals surface area contributed by atoms with Crippen molar-refractivity contribution in [3.63, 3.8) is 0 Å². The van der Waals surface area contributed by atoms with Crippen LogP contribution < -0.4 is 0 Å². The number of nitrogens with zero attached hydrogens (tertiary/aromatic N) is 1. The van der Waals surface area contributed by atoms with Gasteiger partial charge in [0.1, 0.15) is 0 Å². The molecule has 9 heavy (non-hydrogen) atoms. The Balaban J connectivity index is -0.000000180. The molecule has 0 aliphatic rings. The van der Waals surface area contributed by atoms with Gasteiger partial charge in [-0.3, -0.25) is 0 Å². The fraction of sp³-hybridized carbons (Fsp3) is 1.00. The average molecular weight is 349 g/mol. The zero-order valence-electron chi connectivity index (χ0n) is 6.39. The summed E-state index contributed by atoms with van der Waals surface area (Å²) in [6, 6.07) is 0. The summed E-state index contributed by atoms with van der Waals surface area (Å²) in [6.07, 6.45) is 0. The van der Waals surface area contributed by atoms with E-state index in [0.29, 0.717) is 0 Å². The van der Waals surface area contributed by atoms with Crippen molar-refractivity contribution in [3.8, 4) is 0 Å². The second kappa shape index (κ2) is 11.9. The van der Waals surface area contributed by atoms with E-state index in [9.17, 15) is 0 Å². The minimum atomic E-state index is 0. The molecular formula is C6H17AtClN. The van der Waals surface area contributed by atoms with Gasteiger partial charge in [-0.1, -0.05) is 20.8 Å². The topological polar surface area (TPSA) is 3.24 Å². The molecule has 0 aliphatic heterocycles. The van der Waals surface area contributed by atoms with E-state index in [-0.39, 0.29) is 38.6 Å². The summed E-state index contributed by atoms with van der Waals surface area (Å²) in [5.74, 6) is 0. The van der Waals surface area contributed by atoms with E-state index in [4.69, 9.17) is 0 Å². The zero-order valence-corrected chi connectivity index (χ0v) is 10.4. The van der Waals surface area contributed by atoms with E-state index in [1.807, 2.05) is 0 Å². The van der Waals surface area contributed by atoms with Gasteiger partial charge in [-0.05, 0) is 19.6 Å². The predicted octanol–water partition coefficient (Wildman–Crippen LogP) is 1.50. The van der Waals surface area contributed by atoms with Gasteiger partial charge in [0.25, 0.3) is 0 Å². The van der Waals surface area contributed by atoms with Crippen molar-refractivity contribution in [2.45, 2.75) is 20.8 Å². The van der Waals surface area contributed by atoms with Crippen LogP contribution in [0.3, 0.4) is 0 Å². The standard InChI is InChI=1S/C6H15N.AtH.ClH/c1-4-7(5-2)6-3;;/h4-6H2,1-3H3;2*1H. The molecule has 0 fully saturated rings. The third-order valence-electron chi connectivity index (χ3n) is 1.34. The van der Waals surface area contributed by atoms with Crippen LogP contribution in [0.5, 0.6) is 0 Å². The second-order valence-electron chi connectivity index (χ2n) is 1.62. The Morgan fingerprint density at radius 3 is 1.11 bits per heavy atom. The van der Waals surface area contributed by atoms with Crippen molar-refractivity contribution in [2.75, 3.05) is 19.6 Å². The van der Waals surface area contributed by atoms with Crippen LogP contribution in [0, 0.1) is 26.2 Å². The van der Waals surface area contributed by atoms with Crippen molar-refractivity contribution in [1.82, 2.24) is 4.90 Å². The fourth-order valence-corrected chi connectivity index (χ4v) is 0.671. The normalized spacial score (nSPS) is 8.00. The van der Waals surface area contributed by atoms with Crippen LogP contribution in [0.1, 0.15) is 20.8 Å². The Morgan fingerprint density at radius 2 is 1.11 bits per heavy atom. The number of hydrogen-bond donors (Lipinski definition) is 0. The molecule has 0 heterocycles. The van der Waals surface area contributed by atoms with Crippen molar-refractivity contribution >= 4 is 12.4 Å². The minimum absolute atomic E-state index is 0. The summed E-state index contributed by atoms with van der Waals surface area (Å²) >= 11 is 0. The molecule has 0 unspecified atom stereocenters. The monoisotopic (exact) mass is 348 g/mol. The van der Waals surface area contributed by atoms with E-state index in [2.05, 4.69) is 25.7 Å². The number of hydrogen-bond acceptors (Lipinski definition) is 1. The van der Waals surface area contributed by atoms with Crippen molar-refractivity contribution in [3.05, 3.63) is 0 Å². The third-order valence-corrected chi connectivity index (χ3v) is 1.34. The van der Waals surface area contributed by atoms with E-state index >= 15 is 0 Å². The van der Waals surface area contributed by atoms with Crippen molar-refractivity contribution in [1.29, 1.82) is 0 Å². The van der Waals surface area contributed by atoms with Gasteiger partial charge in [-0.25, -0.2) is 0 Å². The molecule has 0 rings (SSSR count). The maximum atomic E-state index is 2.38. The Bertz CT molecular complexity index is 34.5. The van der Waals surface area contributed by atoms with Crippen LogP contribution in [0.15, 0.2) is 0 Å². The van der Waals surface area contributed by atoms with Gasteiger partial charge < -0.3 is 4.90 Å². The Hall–Kier alpha value is 1.13. The van der Waals surface area contributed by atoms with Gasteiger partial charge in [-0.15, -0.1) is 12.4 Å². The van der Waals surface area contributed by atoms with Crippen LogP contribution in [-0.2, 0) is 0 Å². The summed E-state index contributed by atoms with van der Waals surface area (Å²) in [4.78, 5) is 2.38. The van der Waals surface area contributed by atoms with Gasteiger partial charge in [0.05, 0.1) is 0 Å². The second-order valence-corrected chi connectivity index (χ2v) is 1.62. The van der Waals surface area contributed by atoms with Crippen LogP contribution in [0.2, 0.25) is 0 Å². The summed E-state index contributed by atoms with van der Waals surface area (Å²) in [6.45, 7) is 10.1. The first-order chi connectivity index (χ1) is 3.35. The van der Waals surface area contributed by atoms with Gasteiger partial charge in [-0.2, -0.15) is 0 Å². The average Bonchev–Trinajstić information content (AvgIpc) is 1.72. The van der Waals surface area contributed by atoms with Crippen LogP contribution in [0.4, 0.5) is 0 Å². The molecule has 60 valence electrons. The Kier molecular flexibility index (Phi) is 21.9. The molecule has 0 saturated carbocycles. The van der Waals surface area contributed by atoms with Gasteiger partial charge in [0.2, 0.25) is 0 Å². The molecular weight excluding hydrogens is 332 g/mol. The zero-order chi connectivity index (χ0) is 5.70. The fourth-order valence-electron chi connectivity index (χ4n) is 0.671. The van der Waals surface area contributed by atoms with E-state index in [1.54, 1.807) is 0 Å². The summed E-state index contributed by atoms with van der Waals surface area (Å²) in [5, 5.41) is 0. The van der Waals surface area contributed by atoms with E-state index in [1.165, 1.54) is 19.6 Å². The molecule has 1 nitrogen and oxygen atoms in total. The predicted molar refractivity (Wildman–Crippen MR) is 42.1 cm³/mol. The molecule has 0 saturated heterocycles. The summed E-state index contributed by atoms with van der Waals surface area (Å²) < 4.78 is 0. The Labute approximate surface area is 83.7 Å². The van der Waals surface area contributed by atoms with Crippen LogP contribution >= 0.6 is 12.4 Å². The molecule has 0 spiro atoms. The van der Waals surface area contributed by atoms with E-state index in [0.717, 1.165) is 0 Å². The molecule has 0 aromatic carbocycles. The quantitative estimate of drug-likeness (QED) is 0.747. The molecule has 3 heteroatoms. The molecule has 0 aromatic heterocycles. The van der Waals surface area contributed by atoms with Crippen LogP contribution in [-0.4, -0.2) is 24.5 Å². The van der Waals surface area contributed by atoms with Crippen molar-refractivity contribution < 1.29 is 26.2 Å². The SMILES string of the molecule is CCN(CC)CC.Cl.[AtH]. The summed E-state index contributed by atoms with van der Waals surface area (Å²) in [5.41, 5.74) is 0. The van der Waals surface area contributed by atoms with Gasteiger partial charge in [0, 0.05) is 0 Å². The molecule has 0 amide bonds. The molecule has 0 N–H and O–H groups in total. The van der Waals surface area contributed by atoms with Crippen molar-refractivity contribution in [2.24, 2.45) is 0 Å². The molecule has 0 aromatic rings. The van der Waals surface area contributed by atoms with Gasteiger partial charge >= 0.3 is 26.2 Å². The van der Waals surface area contributed by atoms with Crippen LogP contribution in [0.25, 0.3) is 0 Å². The Morgan fingerprint density at radius 1 is 0.889 bits per heavy atom. The van der Waals surface area contributed by atoms with Gasteiger partial charge in [0.15, 0.2) is 0 Å². The maximum absolute atomic E-state index is 2.38. The molecule has 0 aliphatic carbocycles. The molecule has 0 radical (unpaired) electrons. The molecule has 0 bridgehead atoms. The number of halogens is 1. The number of rotatable bonds is 3. The first kappa shape index (κ1) is 16.6. The first-order valence-electron chi connectivity index (χ1n) is 3.07. The third kappa shape index (κ3) is 9.13.